The first-order valence-electron chi connectivity index (χ1n) is 5.47. The normalized spacial score (nSPS) is 12.7. The van der Waals surface area contributed by atoms with Gasteiger partial charge in [0.05, 0.1) is 0 Å². The highest BCUT2D eigenvalue weighted by Gasteiger charge is 2.10. The number of thiophene rings is 1. The van der Waals surface area contributed by atoms with Gasteiger partial charge in [0.25, 0.3) is 0 Å². The Bertz CT molecular complexity index is 542. The third kappa shape index (κ3) is 3.63. The van der Waals surface area contributed by atoms with Crippen molar-refractivity contribution in [2.45, 2.75) is 19.5 Å². The van der Waals surface area contributed by atoms with Gasteiger partial charge in [-0.25, -0.2) is 4.39 Å². The van der Waals surface area contributed by atoms with Gasteiger partial charge in [0.15, 0.2) is 0 Å². The second-order valence-electron chi connectivity index (χ2n) is 4.00. The SMILES string of the molecule is CC(NCc1cc(Br)cs1)c1ccc(F)cc1Br. The van der Waals surface area contributed by atoms with Crippen LogP contribution in [0.5, 0.6) is 0 Å². The molecule has 96 valence electrons. The van der Waals surface area contributed by atoms with Crippen LogP contribution in [0.1, 0.15) is 23.4 Å². The minimum atomic E-state index is -0.222. The van der Waals surface area contributed by atoms with Crippen molar-refractivity contribution in [3.05, 3.63) is 54.8 Å². The van der Waals surface area contributed by atoms with Gasteiger partial charge in [0.2, 0.25) is 0 Å². The Morgan fingerprint density at radius 2 is 2.11 bits per heavy atom. The van der Waals surface area contributed by atoms with E-state index in [4.69, 9.17) is 0 Å². The highest BCUT2D eigenvalue weighted by Crippen LogP contribution is 2.25. The van der Waals surface area contributed by atoms with Crippen LogP contribution in [0.4, 0.5) is 4.39 Å². The molecule has 0 spiro atoms. The van der Waals surface area contributed by atoms with E-state index in [0.29, 0.717) is 0 Å². The van der Waals surface area contributed by atoms with E-state index in [-0.39, 0.29) is 11.9 Å². The van der Waals surface area contributed by atoms with E-state index in [9.17, 15) is 4.39 Å². The van der Waals surface area contributed by atoms with Crippen LogP contribution in [0.2, 0.25) is 0 Å². The van der Waals surface area contributed by atoms with Crippen molar-refractivity contribution in [1.82, 2.24) is 5.32 Å². The predicted octanol–water partition coefficient (Wildman–Crippen LogP) is 5.26. The molecule has 0 saturated carbocycles. The van der Waals surface area contributed by atoms with Gasteiger partial charge in [-0.15, -0.1) is 11.3 Å². The summed E-state index contributed by atoms with van der Waals surface area (Å²) in [6.45, 7) is 2.88. The van der Waals surface area contributed by atoms with Gasteiger partial charge < -0.3 is 5.32 Å². The lowest BCUT2D eigenvalue weighted by molar-refractivity contribution is 0.572. The Hall–Kier alpha value is -0.230. The van der Waals surface area contributed by atoms with E-state index < -0.39 is 0 Å². The monoisotopic (exact) mass is 391 g/mol. The minimum absolute atomic E-state index is 0.167. The van der Waals surface area contributed by atoms with E-state index in [1.165, 1.54) is 17.0 Å². The average Bonchev–Trinajstić information content (AvgIpc) is 2.72. The molecule has 1 nitrogen and oxygen atoms in total. The fourth-order valence-electron chi connectivity index (χ4n) is 1.66. The van der Waals surface area contributed by atoms with Crippen LogP contribution >= 0.6 is 43.2 Å². The summed E-state index contributed by atoms with van der Waals surface area (Å²) in [4.78, 5) is 1.27. The molecule has 0 saturated heterocycles. The van der Waals surface area contributed by atoms with Gasteiger partial charge in [-0.2, -0.15) is 0 Å². The van der Waals surface area contributed by atoms with E-state index in [1.807, 2.05) is 0 Å². The van der Waals surface area contributed by atoms with Crippen molar-refractivity contribution in [2.24, 2.45) is 0 Å². The van der Waals surface area contributed by atoms with Crippen molar-refractivity contribution >= 4 is 43.2 Å². The lowest BCUT2D eigenvalue weighted by atomic mass is 10.1. The first kappa shape index (κ1) is 14.2. The molecule has 1 aromatic heterocycles. The molecule has 5 heteroatoms. The summed E-state index contributed by atoms with van der Waals surface area (Å²) in [5, 5.41) is 5.49. The molecule has 0 radical (unpaired) electrons. The number of hydrogen-bond donors (Lipinski definition) is 1. The zero-order valence-corrected chi connectivity index (χ0v) is 13.7. The fraction of sp³-hybridized carbons (Fsp3) is 0.231. The van der Waals surface area contributed by atoms with Crippen LogP contribution in [-0.2, 0) is 6.54 Å². The zero-order chi connectivity index (χ0) is 13.1. The largest absolute Gasteiger partial charge is 0.305 e. The molecule has 18 heavy (non-hydrogen) atoms. The van der Waals surface area contributed by atoms with Gasteiger partial charge in [-0.05, 0) is 46.6 Å². The van der Waals surface area contributed by atoms with E-state index >= 15 is 0 Å². The Morgan fingerprint density at radius 1 is 1.33 bits per heavy atom. The van der Waals surface area contributed by atoms with Crippen molar-refractivity contribution in [3.63, 3.8) is 0 Å². The third-order valence-corrected chi connectivity index (χ3v) is 5.02. The molecular weight excluding hydrogens is 381 g/mol. The number of rotatable bonds is 4. The van der Waals surface area contributed by atoms with Crippen LogP contribution < -0.4 is 5.32 Å². The third-order valence-electron chi connectivity index (χ3n) is 2.63. The molecule has 1 unspecified atom stereocenters. The van der Waals surface area contributed by atoms with Crippen molar-refractivity contribution in [1.29, 1.82) is 0 Å². The highest BCUT2D eigenvalue weighted by molar-refractivity contribution is 9.10. The Kier molecular flexibility index (Phi) is 4.95. The molecule has 1 heterocycles. The lowest BCUT2D eigenvalue weighted by Gasteiger charge is -2.15. The fourth-order valence-corrected chi connectivity index (χ4v) is 3.76. The Labute approximate surface area is 127 Å². The highest BCUT2D eigenvalue weighted by atomic mass is 79.9. The molecule has 0 fully saturated rings. The summed E-state index contributed by atoms with van der Waals surface area (Å²) in [5.41, 5.74) is 1.06. The van der Waals surface area contributed by atoms with Crippen molar-refractivity contribution in [2.75, 3.05) is 0 Å². The summed E-state index contributed by atoms with van der Waals surface area (Å²) < 4.78 is 14.9. The van der Waals surface area contributed by atoms with Crippen LogP contribution in [-0.4, -0.2) is 0 Å². The van der Waals surface area contributed by atoms with Crippen molar-refractivity contribution in [3.8, 4) is 0 Å². The Morgan fingerprint density at radius 3 is 2.72 bits per heavy atom. The summed E-state index contributed by atoms with van der Waals surface area (Å²) >= 11 is 8.54. The lowest BCUT2D eigenvalue weighted by Crippen LogP contribution is -2.17. The molecule has 0 bridgehead atoms. The summed E-state index contributed by atoms with van der Waals surface area (Å²) in [7, 11) is 0. The predicted molar refractivity (Wildman–Crippen MR) is 81.4 cm³/mol. The standard InChI is InChI=1S/C13H12Br2FNS/c1-8(12-3-2-10(16)5-13(12)15)17-6-11-4-9(14)7-18-11/h2-5,7-8,17H,6H2,1H3. The first-order valence-corrected chi connectivity index (χ1v) is 7.94. The summed E-state index contributed by atoms with van der Waals surface area (Å²) in [5.74, 6) is -0.222. The van der Waals surface area contributed by atoms with Gasteiger partial charge in [-0.1, -0.05) is 22.0 Å². The van der Waals surface area contributed by atoms with Crippen LogP contribution in [0.15, 0.2) is 38.6 Å². The molecule has 2 rings (SSSR count). The molecule has 0 aliphatic heterocycles. The number of benzene rings is 1. The molecule has 0 aliphatic carbocycles. The number of nitrogens with one attached hydrogen (secondary N) is 1. The van der Waals surface area contributed by atoms with Gasteiger partial charge >= 0.3 is 0 Å². The first-order chi connectivity index (χ1) is 8.56. The van der Waals surface area contributed by atoms with Crippen LogP contribution in [0, 0.1) is 5.82 Å². The molecule has 1 aromatic carbocycles. The second-order valence-corrected chi connectivity index (χ2v) is 6.77. The Balaban J connectivity index is 2.01. The maximum Gasteiger partial charge on any atom is 0.124 e. The number of hydrogen-bond acceptors (Lipinski definition) is 2. The summed E-state index contributed by atoms with van der Waals surface area (Å²) in [6.07, 6.45) is 0. The van der Waals surface area contributed by atoms with Crippen molar-refractivity contribution < 1.29 is 4.39 Å². The topological polar surface area (TPSA) is 12.0 Å². The van der Waals surface area contributed by atoms with E-state index in [0.717, 1.165) is 21.1 Å². The van der Waals surface area contributed by atoms with Crippen LogP contribution in [0.25, 0.3) is 0 Å². The van der Waals surface area contributed by atoms with Gasteiger partial charge in [0, 0.05) is 31.8 Å². The summed E-state index contributed by atoms with van der Waals surface area (Å²) in [6, 6.07) is 7.06. The van der Waals surface area contributed by atoms with E-state index in [2.05, 4.69) is 55.5 Å². The molecule has 0 amide bonds. The van der Waals surface area contributed by atoms with Crippen LogP contribution in [0.3, 0.4) is 0 Å². The second kappa shape index (κ2) is 6.28. The quantitative estimate of drug-likeness (QED) is 0.747. The molecule has 1 N–H and O–H groups in total. The zero-order valence-electron chi connectivity index (χ0n) is 9.71. The van der Waals surface area contributed by atoms with E-state index in [1.54, 1.807) is 17.4 Å². The maximum absolute atomic E-state index is 13.0. The molecule has 0 aliphatic rings. The average molecular weight is 393 g/mol. The molecule has 2 aromatic rings. The van der Waals surface area contributed by atoms with Gasteiger partial charge in [0.1, 0.15) is 5.82 Å². The van der Waals surface area contributed by atoms with Gasteiger partial charge in [-0.3, -0.25) is 0 Å². The molecule has 1 atom stereocenters. The maximum atomic E-state index is 13.0. The number of halogens is 3. The molecular formula is C13H12Br2FNS. The minimum Gasteiger partial charge on any atom is -0.305 e. The smallest absolute Gasteiger partial charge is 0.124 e.